The Labute approximate surface area is 146 Å². The first-order valence-corrected chi connectivity index (χ1v) is 8.01. The SMILES string of the molecule is C=CCCCOc1cccc(NC(=O)c2cc(C)c(C)nc2N)c1F. The molecular formula is C19H22FN3O2. The second-order valence-electron chi connectivity index (χ2n) is 5.67. The number of nitrogens with zero attached hydrogens (tertiary/aromatic N) is 1. The number of pyridine rings is 1. The molecule has 0 saturated carbocycles. The van der Waals surface area contributed by atoms with Gasteiger partial charge in [0.1, 0.15) is 5.82 Å². The highest BCUT2D eigenvalue weighted by Gasteiger charge is 2.16. The molecule has 1 aromatic carbocycles. The van der Waals surface area contributed by atoms with Gasteiger partial charge in [0, 0.05) is 5.69 Å². The van der Waals surface area contributed by atoms with Crippen LogP contribution in [0.5, 0.6) is 5.75 Å². The van der Waals surface area contributed by atoms with Crippen LogP contribution >= 0.6 is 0 Å². The number of carbonyl (C=O) groups excluding carboxylic acids is 1. The van der Waals surface area contributed by atoms with Crippen molar-refractivity contribution in [1.29, 1.82) is 0 Å². The van der Waals surface area contributed by atoms with Crippen LogP contribution in [-0.4, -0.2) is 17.5 Å². The summed E-state index contributed by atoms with van der Waals surface area (Å²) in [6, 6.07) is 6.24. The molecule has 1 amide bonds. The van der Waals surface area contributed by atoms with Gasteiger partial charge in [0.25, 0.3) is 5.91 Å². The molecule has 5 nitrogen and oxygen atoms in total. The Morgan fingerprint density at radius 1 is 1.44 bits per heavy atom. The van der Waals surface area contributed by atoms with Crippen LogP contribution in [-0.2, 0) is 0 Å². The molecule has 1 heterocycles. The van der Waals surface area contributed by atoms with Gasteiger partial charge in [0.15, 0.2) is 11.6 Å². The molecule has 0 aliphatic rings. The molecule has 0 aliphatic carbocycles. The number of benzene rings is 1. The average Bonchev–Trinajstić information content (AvgIpc) is 2.58. The van der Waals surface area contributed by atoms with Gasteiger partial charge >= 0.3 is 0 Å². The number of aryl methyl sites for hydroxylation is 2. The van der Waals surface area contributed by atoms with Crippen LogP contribution in [0.1, 0.15) is 34.5 Å². The van der Waals surface area contributed by atoms with Gasteiger partial charge in [-0.15, -0.1) is 6.58 Å². The highest BCUT2D eigenvalue weighted by molar-refractivity contribution is 6.07. The van der Waals surface area contributed by atoms with E-state index in [0.29, 0.717) is 6.61 Å². The Morgan fingerprint density at radius 2 is 2.20 bits per heavy atom. The zero-order valence-corrected chi connectivity index (χ0v) is 14.4. The van der Waals surface area contributed by atoms with E-state index in [1.807, 2.05) is 6.92 Å². The van der Waals surface area contributed by atoms with E-state index in [-0.39, 0.29) is 22.8 Å². The normalized spacial score (nSPS) is 10.4. The Hall–Kier alpha value is -2.89. The molecule has 0 unspecified atom stereocenters. The van der Waals surface area contributed by atoms with Crippen molar-refractivity contribution >= 4 is 17.4 Å². The number of hydrogen-bond acceptors (Lipinski definition) is 4. The lowest BCUT2D eigenvalue weighted by Crippen LogP contribution is -2.17. The minimum Gasteiger partial charge on any atom is -0.490 e. The first-order chi connectivity index (χ1) is 11.9. The van der Waals surface area contributed by atoms with E-state index < -0.39 is 11.7 Å². The number of allylic oxidation sites excluding steroid dienone is 1. The summed E-state index contributed by atoms with van der Waals surface area (Å²) in [7, 11) is 0. The number of nitrogen functional groups attached to an aromatic ring is 1. The molecule has 0 saturated heterocycles. The number of nitrogens with two attached hydrogens (primary N) is 1. The fourth-order valence-corrected chi connectivity index (χ4v) is 2.22. The third-order valence-corrected chi connectivity index (χ3v) is 3.76. The monoisotopic (exact) mass is 343 g/mol. The number of hydrogen-bond donors (Lipinski definition) is 2. The molecule has 2 rings (SSSR count). The van der Waals surface area contributed by atoms with Gasteiger partial charge < -0.3 is 15.8 Å². The lowest BCUT2D eigenvalue weighted by atomic mass is 10.1. The van der Waals surface area contributed by atoms with Crippen molar-refractivity contribution in [2.24, 2.45) is 0 Å². The van der Waals surface area contributed by atoms with Crippen LogP contribution in [0.25, 0.3) is 0 Å². The van der Waals surface area contributed by atoms with Gasteiger partial charge in [-0.2, -0.15) is 0 Å². The number of nitrogens with one attached hydrogen (secondary N) is 1. The fourth-order valence-electron chi connectivity index (χ4n) is 2.22. The molecule has 132 valence electrons. The molecule has 1 aromatic heterocycles. The number of carbonyl (C=O) groups is 1. The largest absolute Gasteiger partial charge is 0.490 e. The van der Waals surface area contributed by atoms with Crippen LogP contribution in [0, 0.1) is 19.7 Å². The van der Waals surface area contributed by atoms with E-state index >= 15 is 0 Å². The van der Waals surface area contributed by atoms with Crippen molar-refractivity contribution in [2.45, 2.75) is 26.7 Å². The molecular weight excluding hydrogens is 321 g/mol. The average molecular weight is 343 g/mol. The summed E-state index contributed by atoms with van der Waals surface area (Å²) in [4.78, 5) is 16.5. The molecule has 25 heavy (non-hydrogen) atoms. The number of halogens is 1. The Morgan fingerprint density at radius 3 is 2.92 bits per heavy atom. The topological polar surface area (TPSA) is 77.2 Å². The second kappa shape index (κ2) is 8.28. The second-order valence-corrected chi connectivity index (χ2v) is 5.67. The number of anilines is 2. The first kappa shape index (κ1) is 18.4. The van der Waals surface area contributed by atoms with Gasteiger partial charge in [-0.3, -0.25) is 4.79 Å². The summed E-state index contributed by atoms with van der Waals surface area (Å²) >= 11 is 0. The van der Waals surface area contributed by atoms with Gasteiger partial charge in [0.05, 0.1) is 17.9 Å². The van der Waals surface area contributed by atoms with E-state index in [1.54, 1.807) is 25.1 Å². The number of unbranched alkanes of at least 4 members (excludes halogenated alkanes) is 1. The standard InChI is InChI=1S/C19H22FN3O2/c1-4-5-6-10-25-16-9-7-8-15(17(16)20)23-19(24)14-11-12(2)13(3)22-18(14)21/h4,7-9,11H,1,5-6,10H2,2-3H3,(H2,21,22)(H,23,24). The van der Waals surface area contributed by atoms with Crippen molar-refractivity contribution in [3.63, 3.8) is 0 Å². The van der Waals surface area contributed by atoms with E-state index in [4.69, 9.17) is 10.5 Å². The maximum atomic E-state index is 14.5. The van der Waals surface area contributed by atoms with E-state index in [2.05, 4.69) is 16.9 Å². The number of amides is 1. The maximum Gasteiger partial charge on any atom is 0.259 e. The molecule has 0 fully saturated rings. The van der Waals surface area contributed by atoms with E-state index in [0.717, 1.165) is 24.1 Å². The minimum absolute atomic E-state index is 0.0313. The van der Waals surface area contributed by atoms with Crippen LogP contribution in [0.4, 0.5) is 15.9 Å². The molecule has 0 aliphatic heterocycles. The molecule has 0 spiro atoms. The molecule has 0 radical (unpaired) electrons. The van der Waals surface area contributed by atoms with Crippen molar-refractivity contribution in [2.75, 3.05) is 17.7 Å². The van der Waals surface area contributed by atoms with Crippen molar-refractivity contribution in [3.8, 4) is 5.75 Å². The highest BCUT2D eigenvalue weighted by Crippen LogP contribution is 2.26. The van der Waals surface area contributed by atoms with E-state index in [9.17, 15) is 9.18 Å². The lowest BCUT2D eigenvalue weighted by molar-refractivity contribution is 0.102. The predicted octanol–water partition coefficient (Wildman–Crippen LogP) is 4.02. The first-order valence-electron chi connectivity index (χ1n) is 8.01. The van der Waals surface area contributed by atoms with Crippen LogP contribution in [0.2, 0.25) is 0 Å². The summed E-state index contributed by atoms with van der Waals surface area (Å²) in [6.07, 6.45) is 3.31. The van der Waals surface area contributed by atoms with Crippen molar-refractivity contribution in [1.82, 2.24) is 4.98 Å². The quantitative estimate of drug-likeness (QED) is 0.588. The zero-order chi connectivity index (χ0) is 18.4. The number of rotatable bonds is 7. The van der Waals surface area contributed by atoms with Crippen molar-refractivity contribution in [3.05, 3.63) is 59.6 Å². The highest BCUT2D eigenvalue weighted by atomic mass is 19.1. The van der Waals surface area contributed by atoms with E-state index in [1.165, 1.54) is 12.1 Å². The maximum absolute atomic E-state index is 14.5. The van der Waals surface area contributed by atoms with Crippen LogP contribution < -0.4 is 15.8 Å². The molecule has 6 heteroatoms. The summed E-state index contributed by atoms with van der Waals surface area (Å²) in [6.45, 7) is 7.63. The predicted molar refractivity (Wildman–Crippen MR) is 97.4 cm³/mol. The third-order valence-electron chi connectivity index (χ3n) is 3.76. The molecule has 3 N–H and O–H groups in total. The zero-order valence-electron chi connectivity index (χ0n) is 14.4. The van der Waals surface area contributed by atoms with Gasteiger partial charge in [-0.1, -0.05) is 12.1 Å². The third kappa shape index (κ3) is 4.56. The smallest absolute Gasteiger partial charge is 0.259 e. The summed E-state index contributed by atoms with van der Waals surface area (Å²) in [5.74, 6) is -0.938. The number of aromatic nitrogens is 1. The lowest BCUT2D eigenvalue weighted by Gasteiger charge is -2.12. The Bertz CT molecular complexity index is 790. The number of ether oxygens (including phenoxy) is 1. The minimum atomic E-state index is -0.621. The van der Waals surface area contributed by atoms with Crippen LogP contribution in [0.15, 0.2) is 36.9 Å². The molecule has 0 bridgehead atoms. The van der Waals surface area contributed by atoms with Gasteiger partial charge in [-0.05, 0) is 50.5 Å². The summed E-state index contributed by atoms with van der Waals surface area (Å²) in [5.41, 5.74) is 7.63. The van der Waals surface area contributed by atoms with Gasteiger partial charge in [0.2, 0.25) is 0 Å². The fraction of sp³-hybridized carbons (Fsp3) is 0.263. The van der Waals surface area contributed by atoms with Crippen molar-refractivity contribution < 1.29 is 13.9 Å². The summed E-state index contributed by atoms with van der Waals surface area (Å²) in [5, 5.41) is 2.53. The Balaban J connectivity index is 2.16. The summed E-state index contributed by atoms with van der Waals surface area (Å²) < 4.78 is 19.9. The molecule has 2 aromatic rings. The molecule has 0 atom stereocenters. The van der Waals surface area contributed by atoms with Crippen LogP contribution in [0.3, 0.4) is 0 Å². The van der Waals surface area contributed by atoms with Gasteiger partial charge in [-0.25, -0.2) is 9.37 Å². The Kier molecular flexibility index (Phi) is 6.11.